The van der Waals surface area contributed by atoms with Crippen LogP contribution in [0.15, 0.2) is 0 Å². The van der Waals surface area contributed by atoms with Gasteiger partial charge in [0.2, 0.25) is 0 Å². The molecular weight excluding hydrogens is 472 g/mol. The van der Waals surface area contributed by atoms with Gasteiger partial charge in [-0.1, -0.05) is 0 Å². The van der Waals surface area contributed by atoms with Crippen molar-refractivity contribution >= 4 is 0 Å². The van der Waals surface area contributed by atoms with Gasteiger partial charge in [-0.15, -0.1) is 0 Å². The molecule has 3 fully saturated rings. The Morgan fingerprint density at radius 2 is 0.943 bits per heavy atom. The second-order valence-electron chi connectivity index (χ2n) is 8.97. The molecule has 0 saturated carbocycles. The summed E-state index contributed by atoms with van der Waals surface area (Å²) in [6.07, 6.45) is -13.6. The van der Waals surface area contributed by atoms with Crippen molar-refractivity contribution in [3.63, 3.8) is 0 Å². The van der Waals surface area contributed by atoms with Gasteiger partial charge in [-0.2, -0.15) is 0 Å². The minimum absolute atomic E-state index is 0.0295. The van der Waals surface area contributed by atoms with Crippen LogP contribution < -0.4 is 34.4 Å². The van der Waals surface area contributed by atoms with Crippen LogP contribution in [-0.2, 0) is 28.4 Å². The first kappa shape index (κ1) is 28.9. The van der Waals surface area contributed by atoms with Gasteiger partial charge in [0.1, 0.15) is 54.9 Å². The van der Waals surface area contributed by atoms with Crippen LogP contribution >= 0.6 is 0 Å². The first-order chi connectivity index (χ1) is 16.6. The summed E-state index contributed by atoms with van der Waals surface area (Å²) in [6.45, 7) is -0.264. The fourth-order valence-electron chi connectivity index (χ4n) is 4.51. The highest BCUT2D eigenvalue weighted by Gasteiger charge is 2.52. The molecule has 0 bridgehead atoms. The molecule has 3 heterocycles. The third kappa shape index (κ3) is 5.78. The SMILES string of the molecule is CO[C@H]1O[C@H](CN)[C@@H](O[C@H]2O[C@H](CN)[C@@H](O[C@H]3O[C@H](CN)[C@@H](O)[C@H](O)[C@H]3N)[C@H](O)[C@H]2N)[C@H](O)[C@H]1N. The third-order valence-corrected chi connectivity index (χ3v) is 6.70. The molecule has 0 radical (unpaired) electrons. The molecular formula is C19H40N6O10. The molecule has 206 valence electrons. The highest BCUT2D eigenvalue weighted by Crippen LogP contribution is 2.31. The summed E-state index contributed by atoms with van der Waals surface area (Å²) >= 11 is 0. The van der Waals surface area contributed by atoms with Crippen LogP contribution in [0.25, 0.3) is 0 Å². The van der Waals surface area contributed by atoms with E-state index in [2.05, 4.69) is 0 Å². The molecule has 0 aromatic heterocycles. The maximum atomic E-state index is 11.0. The molecule has 3 aliphatic heterocycles. The Morgan fingerprint density at radius 1 is 0.571 bits per heavy atom. The van der Waals surface area contributed by atoms with Crippen LogP contribution in [0.2, 0.25) is 0 Å². The number of rotatable bonds is 8. The summed E-state index contributed by atoms with van der Waals surface area (Å²) in [4.78, 5) is 0. The molecule has 16 nitrogen and oxygen atoms in total. The predicted molar refractivity (Wildman–Crippen MR) is 118 cm³/mol. The average Bonchev–Trinajstić information content (AvgIpc) is 2.86. The molecule has 0 unspecified atom stereocenters. The highest BCUT2D eigenvalue weighted by atomic mass is 16.7. The van der Waals surface area contributed by atoms with Crippen LogP contribution in [-0.4, -0.2) is 139 Å². The maximum absolute atomic E-state index is 11.0. The number of aliphatic hydroxyl groups is 4. The molecule has 35 heavy (non-hydrogen) atoms. The minimum atomic E-state index is -1.39. The van der Waals surface area contributed by atoms with E-state index in [-0.39, 0.29) is 19.6 Å². The van der Waals surface area contributed by atoms with Gasteiger partial charge in [-0.3, -0.25) is 0 Å². The number of ether oxygens (including phenoxy) is 6. The summed E-state index contributed by atoms with van der Waals surface area (Å²) in [5.41, 5.74) is 35.4. The fourth-order valence-corrected chi connectivity index (χ4v) is 4.51. The summed E-state index contributed by atoms with van der Waals surface area (Å²) in [6, 6.07) is -3.27. The largest absolute Gasteiger partial charge is 0.388 e. The quantitative estimate of drug-likeness (QED) is 0.144. The summed E-state index contributed by atoms with van der Waals surface area (Å²) in [5.74, 6) is 0. The van der Waals surface area contributed by atoms with Gasteiger partial charge in [0.05, 0.1) is 18.1 Å². The second-order valence-corrected chi connectivity index (χ2v) is 8.97. The zero-order chi connectivity index (χ0) is 26.0. The molecule has 3 aliphatic rings. The van der Waals surface area contributed by atoms with Gasteiger partial charge < -0.3 is 83.2 Å². The molecule has 0 aromatic carbocycles. The molecule has 0 aromatic rings. The van der Waals surface area contributed by atoms with Crippen molar-refractivity contribution in [1.82, 2.24) is 0 Å². The van der Waals surface area contributed by atoms with Crippen molar-refractivity contribution in [2.45, 2.75) is 91.9 Å². The van der Waals surface area contributed by atoms with Crippen molar-refractivity contribution in [3.8, 4) is 0 Å². The monoisotopic (exact) mass is 512 g/mol. The topological polar surface area (TPSA) is 292 Å². The van der Waals surface area contributed by atoms with Crippen LogP contribution in [0, 0.1) is 0 Å². The lowest BCUT2D eigenvalue weighted by Crippen LogP contribution is -2.70. The predicted octanol–water partition coefficient (Wildman–Crippen LogP) is -7.12. The second kappa shape index (κ2) is 12.3. The number of hydrogen-bond acceptors (Lipinski definition) is 16. The average molecular weight is 513 g/mol. The molecule has 15 atom stereocenters. The molecule has 0 amide bonds. The van der Waals surface area contributed by atoms with E-state index in [9.17, 15) is 20.4 Å². The van der Waals surface area contributed by atoms with Crippen LogP contribution in [0.1, 0.15) is 0 Å². The van der Waals surface area contributed by atoms with Crippen molar-refractivity contribution in [3.05, 3.63) is 0 Å². The zero-order valence-electron chi connectivity index (χ0n) is 19.5. The summed E-state index contributed by atoms with van der Waals surface area (Å²) in [7, 11) is 1.38. The Bertz CT molecular complexity index is 666. The van der Waals surface area contributed by atoms with Gasteiger partial charge in [-0.05, 0) is 0 Å². The summed E-state index contributed by atoms with van der Waals surface area (Å²) in [5, 5.41) is 41.9. The molecule has 0 aliphatic carbocycles. The first-order valence-electron chi connectivity index (χ1n) is 11.5. The van der Waals surface area contributed by atoms with Crippen LogP contribution in [0.5, 0.6) is 0 Å². The van der Waals surface area contributed by atoms with Crippen molar-refractivity contribution in [1.29, 1.82) is 0 Å². The molecule has 3 rings (SSSR count). The molecule has 16 heteroatoms. The Labute approximate surface area is 202 Å². The van der Waals surface area contributed by atoms with Crippen molar-refractivity contribution in [2.24, 2.45) is 34.4 Å². The summed E-state index contributed by atoms with van der Waals surface area (Å²) < 4.78 is 34.0. The number of methoxy groups -OCH3 is 1. The smallest absolute Gasteiger partial charge is 0.176 e. The van der Waals surface area contributed by atoms with Gasteiger partial charge in [0, 0.05) is 26.7 Å². The van der Waals surface area contributed by atoms with E-state index < -0.39 is 91.9 Å². The van der Waals surface area contributed by atoms with E-state index in [1.165, 1.54) is 7.11 Å². The lowest BCUT2D eigenvalue weighted by molar-refractivity contribution is -0.342. The Hall–Kier alpha value is -0.640. The first-order valence-corrected chi connectivity index (χ1v) is 11.5. The Balaban J connectivity index is 1.72. The lowest BCUT2D eigenvalue weighted by Gasteiger charge is -2.49. The van der Waals surface area contributed by atoms with Crippen molar-refractivity contribution < 1.29 is 48.8 Å². The number of nitrogens with two attached hydrogens (primary N) is 6. The van der Waals surface area contributed by atoms with Gasteiger partial charge in [0.25, 0.3) is 0 Å². The fraction of sp³-hybridized carbons (Fsp3) is 1.00. The maximum Gasteiger partial charge on any atom is 0.176 e. The van der Waals surface area contributed by atoms with E-state index in [1.807, 2.05) is 0 Å². The highest BCUT2D eigenvalue weighted by molar-refractivity contribution is 4.99. The number of aliphatic hydroxyl groups excluding tert-OH is 4. The number of hydrogen-bond donors (Lipinski definition) is 10. The van der Waals surface area contributed by atoms with Gasteiger partial charge in [-0.25, -0.2) is 0 Å². The molecule has 3 saturated heterocycles. The standard InChI is InChI=1S/C19H40N6O10/c1-30-17-9(24)13(28)15(6(3-21)32-17)35-19-10(25)14(29)16(7(4-22)33-19)34-18-8(23)12(27)11(26)5(2-20)31-18/h5-19,26-29H,2-4,20-25H2,1H3/t5-,6-,7-,8-,9-,10-,11-,12-,13-,14-,15-,16-,17+,18-,19-/m1/s1. The van der Waals surface area contributed by atoms with E-state index in [1.54, 1.807) is 0 Å². The normalized spacial score (nSPS) is 51.3. The van der Waals surface area contributed by atoms with Gasteiger partial charge >= 0.3 is 0 Å². The lowest BCUT2D eigenvalue weighted by atomic mass is 9.94. The Morgan fingerprint density at radius 3 is 1.37 bits per heavy atom. The van der Waals surface area contributed by atoms with E-state index >= 15 is 0 Å². The van der Waals surface area contributed by atoms with E-state index in [4.69, 9.17) is 62.8 Å². The van der Waals surface area contributed by atoms with E-state index in [0.29, 0.717) is 0 Å². The van der Waals surface area contributed by atoms with Crippen LogP contribution in [0.3, 0.4) is 0 Å². The third-order valence-electron chi connectivity index (χ3n) is 6.70. The molecule has 0 spiro atoms. The Kier molecular flexibility index (Phi) is 10.1. The minimum Gasteiger partial charge on any atom is -0.388 e. The van der Waals surface area contributed by atoms with Gasteiger partial charge in [0.15, 0.2) is 18.9 Å². The molecule has 16 N–H and O–H groups in total. The van der Waals surface area contributed by atoms with E-state index in [0.717, 1.165) is 0 Å². The zero-order valence-corrected chi connectivity index (χ0v) is 19.5. The van der Waals surface area contributed by atoms with Crippen LogP contribution in [0.4, 0.5) is 0 Å². The van der Waals surface area contributed by atoms with Crippen molar-refractivity contribution in [2.75, 3.05) is 26.7 Å².